The van der Waals surface area contributed by atoms with Gasteiger partial charge in [0.2, 0.25) is 0 Å². The van der Waals surface area contributed by atoms with E-state index in [2.05, 4.69) is 0 Å². The highest BCUT2D eigenvalue weighted by molar-refractivity contribution is 7.60. The van der Waals surface area contributed by atoms with Gasteiger partial charge in [0.25, 0.3) is 0 Å². The summed E-state index contributed by atoms with van der Waals surface area (Å²) in [5.41, 5.74) is 0. The van der Waals surface area contributed by atoms with Gasteiger partial charge in [0.1, 0.15) is 0 Å². The summed E-state index contributed by atoms with van der Waals surface area (Å²) in [5.74, 6) is 0. The van der Waals surface area contributed by atoms with Crippen molar-refractivity contribution in [2.45, 2.75) is 0 Å². The third-order valence-corrected chi connectivity index (χ3v) is 0. The van der Waals surface area contributed by atoms with E-state index >= 15 is 0 Å². The van der Waals surface area contributed by atoms with Crippen LogP contribution < -0.4 is 0 Å². The van der Waals surface area contributed by atoms with Crippen molar-refractivity contribution in [3.05, 3.63) is 0 Å². The largest absolute Gasteiger partial charge is 0.308 e. The summed E-state index contributed by atoms with van der Waals surface area (Å²) < 4.78 is 22.8. The van der Waals surface area contributed by atoms with Crippen LogP contribution in [0.5, 0.6) is 0 Å². The van der Waals surface area contributed by atoms with Crippen molar-refractivity contribution in [1.82, 2.24) is 0 Å². The van der Waals surface area contributed by atoms with E-state index in [1.165, 1.54) is 0 Å². The van der Waals surface area contributed by atoms with Crippen LogP contribution in [0.15, 0.2) is 0 Å². The maximum atomic E-state index is 8.67. The second-order valence-electron chi connectivity index (χ2n) is 0.235. The second kappa shape index (κ2) is 8.85. The van der Waals surface area contributed by atoms with Gasteiger partial charge >= 0.3 is 10.5 Å². The van der Waals surface area contributed by atoms with Gasteiger partial charge in [-0.25, -0.2) is 0 Å². The van der Waals surface area contributed by atoms with Crippen molar-refractivity contribution in [2.24, 2.45) is 0 Å². The van der Waals surface area contributed by atoms with Gasteiger partial charge in [0.05, 0.1) is 0 Å². The predicted octanol–water partition coefficient (Wildman–Crippen LogP) is 0.202. The van der Waals surface area contributed by atoms with Crippen LogP contribution in [0.1, 0.15) is 0 Å². The lowest BCUT2D eigenvalue weighted by Gasteiger charge is -1.18. The highest BCUT2D eigenvalue weighted by Crippen LogP contribution is 1.15. The first-order valence-electron chi connectivity index (χ1n) is 0.537. The number of hydrogen-bond acceptors (Lipinski definition) is 3. The zero-order chi connectivity index (χ0) is 3.58. The van der Waals surface area contributed by atoms with E-state index in [4.69, 9.17) is 13.2 Å². The first-order valence-corrected chi connectivity index (χ1v) is 1.61. The maximum absolute atomic E-state index is 8.67. The average molecular weight is 136 g/mol. The molecule has 0 radical (unpaired) electrons. The van der Waals surface area contributed by atoms with Gasteiger partial charge in [-0.3, -0.25) is 4.70 Å². The van der Waals surface area contributed by atoms with Gasteiger partial charge in [-0.05, 0) is 0 Å². The van der Waals surface area contributed by atoms with Crippen molar-refractivity contribution >= 4 is 22.9 Å². The second-order valence-corrected chi connectivity index (χ2v) is 0.704. The Morgan fingerprint density at radius 3 is 1.33 bits per heavy atom. The summed E-state index contributed by atoms with van der Waals surface area (Å²) in [6.07, 6.45) is 0. The first kappa shape index (κ1) is 17.0. The molecule has 6 heavy (non-hydrogen) atoms. The molecule has 6 heteroatoms. The van der Waals surface area contributed by atoms with Crippen LogP contribution in [0.2, 0.25) is 0 Å². The molecule has 0 spiro atoms. The Balaban J connectivity index is -0.0000000450. The average Bonchev–Trinajstić information content (AvgIpc) is 0.811. The molecule has 0 aliphatic heterocycles. The lowest BCUT2D eigenvalue weighted by Crippen LogP contribution is -1.34. The molecule has 0 aliphatic carbocycles. The van der Waals surface area contributed by atoms with E-state index in [1.54, 1.807) is 0 Å². The molecule has 40 valence electrons. The summed E-state index contributed by atoms with van der Waals surface area (Å²) in [4.78, 5) is 0. The van der Waals surface area contributed by atoms with E-state index in [9.17, 15) is 0 Å². The molecule has 0 heterocycles. The van der Waals surface area contributed by atoms with Crippen LogP contribution in [0.3, 0.4) is 0 Å². The summed E-state index contributed by atoms with van der Waals surface area (Å²) in [5, 5.41) is 0. The quantitative estimate of drug-likeness (QED) is 0.516. The fraction of sp³-hybridized carbons (Fsp3) is 0. The third-order valence-electron chi connectivity index (χ3n) is 0. The zero-order valence-electron chi connectivity index (χ0n) is 2.54. The van der Waals surface area contributed by atoms with Crippen molar-refractivity contribution in [3.8, 4) is 0 Å². The monoisotopic (exact) mass is 135 g/mol. The molecule has 0 atom stereocenters. The molecule has 0 unspecified atom stereocenters. The Morgan fingerprint density at radius 2 is 1.33 bits per heavy atom. The molecular formula is H3ClFNO2S. The zero-order valence-corrected chi connectivity index (χ0v) is 4.17. The van der Waals surface area contributed by atoms with E-state index < -0.39 is 10.5 Å². The number of nitrogens with one attached hydrogen (secondary N) is 1. The molecule has 0 aromatic heterocycles. The molecule has 0 aliphatic rings. The molecule has 0 amide bonds. The minimum Gasteiger partial charge on any atom is -0.269 e. The van der Waals surface area contributed by atoms with E-state index in [-0.39, 0.29) is 17.1 Å². The molecular weight excluding hydrogens is 133 g/mol. The van der Waals surface area contributed by atoms with E-state index in [0.717, 1.165) is 0 Å². The van der Waals surface area contributed by atoms with Crippen molar-refractivity contribution in [2.75, 3.05) is 0 Å². The molecule has 0 aromatic carbocycles. The molecule has 1 N–H and O–H groups in total. The smallest absolute Gasteiger partial charge is 0.269 e. The minimum atomic E-state index is -2.61. The minimum absolute atomic E-state index is 0. The molecule has 0 saturated carbocycles. The highest BCUT2D eigenvalue weighted by atomic mass is 35.5. The highest BCUT2D eigenvalue weighted by Gasteiger charge is 1.32. The van der Waals surface area contributed by atoms with Gasteiger partial charge in [-0.15, -0.1) is 12.4 Å². The van der Waals surface area contributed by atoms with E-state index in [1.807, 2.05) is 0 Å². The van der Waals surface area contributed by atoms with Crippen LogP contribution in [-0.2, 0) is 10.5 Å². The third kappa shape index (κ3) is 1210. The van der Waals surface area contributed by atoms with Crippen LogP contribution in [0, 0.1) is 4.78 Å². The standard InChI is InChI=1S/ClH.FH.HNO2S/c;;1-4(2)3/h2*1H;1H. The van der Waals surface area contributed by atoms with Crippen LogP contribution in [0.25, 0.3) is 0 Å². The Bertz CT molecular complexity index is 82.9. The van der Waals surface area contributed by atoms with Crippen LogP contribution in [0.4, 0.5) is 4.70 Å². The van der Waals surface area contributed by atoms with Crippen molar-refractivity contribution in [1.29, 1.82) is 4.78 Å². The Morgan fingerprint density at radius 1 is 1.33 bits per heavy atom. The van der Waals surface area contributed by atoms with Crippen LogP contribution >= 0.6 is 12.4 Å². The van der Waals surface area contributed by atoms with Crippen LogP contribution in [-0.4, -0.2) is 8.42 Å². The molecule has 0 aromatic rings. The Labute approximate surface area is 41.6 Å². The van der Waals surface area contributed by atoms with Gasteiger partial charge in [-0.1, -0.05) is 0 Å². The van der Waals surface area contributed by atoms with Gasteiger partial charge in [0, 0.05) is 0 Å². The predicted molar refractivity (Wildman–Crippen MR) is 21.4 cm³/mol. The van der Waals surface area contributed by atoms with Gasteiger partial charge in [-0.2, -0.15) is 13.2 Å². The Kier molecular flexibility index (Phi) is 25.0. The maximum Gasteiger partial charge on any atom is 0.308 e. The summed E-state index contributed by atoms with van der Waals surface area (Å²) >= 11 is 0. The molecule has 0 fully saturated rings. The Hall–Kier alpha value is -0.160. The van der Waals surface area contributed by atoms with Crippen molar-refractivity contribution < 1.29 is 13.1 Å². The lowest BCUT2D eigenvalue weighted by atomic mass is 14.0. The normalized spacial score (nSPS) is 4.00. The summed E-state index contributed by atoms with van der Waals surface area (Å²) in [6.45, 7) is 0. The molecule has 3 nitrogen and oxygen atoms in total. The molecule has 0 rings (SSSR count). The molecule has 0 saturated heterocycles. The number of hydrogen-bond donors (Lipinski definition) is 1. The number of rotatable bonds is 0. The van der Waals surface area contributed by atoms with Gasteiger partial charge < -0.3 is 0 Å². The summed E-state index contributed by atoms with van der Waals surface area (Å²) in [6, 6.07) is 0. The summed E-state index contributed by atoms with van der Waals surface area (Å²) in [7, 11) is -2.61. The van der Waals surface area contributed by atoms with Crippen molar-refractivity contribution in [3.63, 3.8) is 0 Å². The fourth-order valence-corrected chi connectivity index (χ4v) is 0. The van der Waals surface area contributed by atoms with E-state index in [0.29, 0.717) is 0 Å². The van der Waals surface area contributed by atoms with Gasteiger partial charge in [0.15, 0.2) is 0 Å². The first-order chi connectivity index (χ1) is 1.73. The molecule has 0 bridgehead atoms. The topological polar surface area (TPSA) is 58.0 Å². The SMILES string of the molecule is Cl.F.N=S(=O)=O. The fourth-order valence-electron chi connectivity index (χ4n) is 0. The lowest BCUT2D eigenvalue weighted by molar-refractivity contribution is 0.620. The number of halogens is 2.